The number of nitrogens with zero attached hydrogens (tertiary/aromatic N) is 1. The van der Waals surface area contributed by atoms with Gasteiger partial charge in [0.15, 0.2) is 0 Å². The van der Waals surface area contributed by atoms with Crippen LogP contribution in [0.4, 0.5) is 4.79 Å². The van der Waals surface area contributed by atoms with Crippen molar-refractivity contribution in [1.29, 1.82) is 0 Å². The van der Waals surface area contributed by atoms with E-state index in [1.54, 1.807) is 12.1 Å². The van der Waals surface area contributed by atoms with Gasteiger partial charge in [0, 0.05) is 0 Å². The van der Waals surface area contributed by atoms with Gasteiger partial charge in [-0.15, -0.1) is 0 Å². The highest BCUT2D eigenvalue weighted by Gasteiger charge is 2.39. The average Bonchev–Trinajstić information content (AvgIpc) is 3.09. The summed E-state index contributed by atoms with van der Waals surface area (Å²) in [4.78, 5) is 37.1. The third-order valence-electron chi connectivity index (χ3n) is 3.74. The summed E-state index contributed by atoms with van der Waals surface area (Å²) in [7, 11) is 0. The molecule has 8 heteroatoms. The molecule has 0 aromatic carbocycles. The Hall–Kier alpha value is -2.35. The number of imide groups is 1. The lowest BCUT2D eigenvalue weighted by Crippen LogP contribution is -2.44. The molecule has 2 unspecified atom stereocenters. The molecule has 1 aliphatic rings. The van der Waals surface area contributed by atoms with E-state index in [1.807, 2.05) is 13.8 Å². The molecule has 126 valence electrons. The summed E-state index contributed by atoms with van der Waals surface area (Å²) >= 11 is 0. The van der Waals surface area contributed by atoms with Crippen molar-refractivity contribution in [2.75, 3.05) is 6.61 Å². The first-order valence-electron chi connectivity index (χ1n) is 7.46. The van der Waals surface area contributed by atoms with Crippen LogP contribution in [0.15, 0.2) is 22.8 Å². The molecule has 0 spiro atoms. The molecule has 8 nitrogen and oxygen atoms in total. The molecular formula is C15H21N3O5. The van der Waals surface area contributed by atoms with Crippen LogP contribution in [0.2, 0.25) is 0 Å². The standard InChI is InChI=1S/C15H21N3O5/c1-9(2)12(8-19)16-13(20)6-11-14(21)18(15(22)17-11)7-10-4-3-5-23-10/h3-5,9,11-12,19H,6-8H2,1-2H3,(H,16,20)(H,17,22). The normalized spacial score (nSPS) is 19.1. The van der Waals surface area contributed by atoms with E-state index in [-0.39, 0.29) is 31.5 Å². The van der Waals surface area contributed by atoms with E-state index < -0.39 is 23.9 Å². The van der Waals surface area contributed by atoms with Gasteiger partial charge in [0.25, 0.3) is 5.91 Å². The van der Waals surface area contributed by atoms with Gasteiger partial charge >= 0.3 is 6.03 Å². The third kappa shape index (κ3) is 4.10. The van der Waals surface area contributed by atoms with Crippen molar-refractivity contribution < 1.29 is 23.9 Å². The van der Waals surface area contributed by atoms with Crippen LogP contribution in [0.5, 0.6) is 0 Å². The zero-order valence-electron chi connectivity index (χ0n) is 13.1. The van der Waals surface area contributed by atoms with Crippen molar-refractivity contribution in [3.63, 3.8) is 0 Å². The van der Waals surface area contributed by atoms with Crippen LogP contribution < -0.4 is 10.6 Å². The second-order valence-corrected chi connectivity index (χ2v) is 5.81. The summed E-state index contributed by atoms with van der Waals surface area (Å²) in [6, 6.07) is 1.50. The Labute approximate surface area is 133 Å². The largest absolute Gasteiger partial charge is 0.467 e. The lowest BCUT2D eigenvalue weighted by molar-refractivity contribution is -0.131. The van der Waals surface area contributed by atoms with E-state index in [2.05, 4.69) is 10.6 Å². The average molecular weight is 323 g/mol. The van der Waals surface area contributed by atoms with Gasteiger partial charge in [-0.1, -0.05) is 13.8 Å². The molecule has 23 heavy (non-hydrogen) atoms. The minimum absolute atomic E-state index is 0.0288. The molecule has 0 bridgehead atoms. The number of furan rings is 1. The molecule has 1 aromatic heterocycles. The maximum Gasteiger partial charge on any atom is 0.325 e. The van der Waals surface area contributed by atoms with Gasteiger partial charge in [-0.25, -0.2) is 4.79 Å². The number of amides is 4. The number of aliphatic hydroxyl groups is 1. The monoisotopic (exact) mass is 323 g/mol. The number of carbonyl (C=O) groups is 3. The Morgan fingerprint density at radius 1 is 1.48 bits per heavy atom. The van der Waals surface area contributed by atoms with E-state index >= 15 is 0 Å². The Morgan fingerprint density at radius 3 is 2.78 bits per heavy atom. The summed E-state index contributed by atoms with van der Waals surface area (Å²) in [6.45, 7) is 3.59. The van der Waals surface area contributed by atoms with Crippen molar-refractivity contribution in [2.45, 2.75) is 38.9 Å². The number of urea groups is 1. The van der Waals surface area contributed by atoms with E-state index in [4.69, 9.17) is 4.42 Å². The predicted octanol–water partition coefficient (Wildman–Crippen LogP) is 0.223. The Kier molecular flexibility index (Phi) is 5.38. The molecule has 2 heterocycles. The maximum absolute atomic E-state index is 12.2. The Bertz CT molecular complexity index is 570. The SMILES string of the molecule is CC(C)C(CO)NC(=O)CC1NC(=O)N(Cc2ccco2)C1=O. The molecular weight excluding hydrogens is 302 g/mol. The zero-order chi connectivity index (χ0) is 17.0. The second kappa shape index (κ2) is 7.28. The molecule has 2 rings (SSSR count). The number of hydrogen-bond donors (Lipinski definition) is 3. The van der Waals surface area contributed by atoms with Gasteiger partial charge in [-0.2, -0.15) is 0 Å². The van der Waals surface area contributed by atoms with Crippen molar-refractivity contribution in [2.24, 2.45) is 5.92 Å². The highest BCUT2D eigenvalue weighted by atomic mass is 16.3. The number of rotatable bonds is 7. The molecule has 0 radical (unpaired) electrons. The lowest BCUT2D eigenvalue weighted by Gasteiger charge is -2.20. The molecule has 1 aromatic rings. The van der Waals surface area contributed by atoms with E-state index in [9.17, 15) is 19.5 Å². The fourth-order valence-electron chi connectivity index (χ4n) is 2.30. The molecule has 1 aliphatic heterocycles. The third-order valence-corrected chi connectivity index (χ3v) is 3.74. The molecule has 1 fully saturated rings. The van der Waals surface area contributed by atoms with Crippen molar-refractivity contribution in [1.82, 2.24) is 15.5 Å². The molecule has 0 aliphatic carbocycles. The van der Waals surface area contributed by atoms with Crippen LogP contribution >= 0.6 is 0 Å². The van der Waals surface area contributed by atoms with Crippen LogP contribution in [0.25, 0.3) is 0 Å². The number of carbonyl (C=O) groups excluding carboxylic acids is 3. The fraction of sp³-hybridized carbons (Fsp3) is 0.533. The van der Waals surface area contributed by atoms with Gasteiger partial charge in [0.05, 0.1) is 31.9 Å². The van der Waals surface area contributed by atoms with Gasteiger partial charge in [-0.05, 0) is 18.1 Å². The van der Waals surface area contributed by atoms with E-state index in [0.717, 1.165) is 4.90 Å². The number of nitrogens with one attached hydrogen (secondary N) is 2. The quantitative estimate of drug-likeness (QED) is 0.622. The highest BCUT2D eigenvalue weighted by molar-refractivity contribution is 6.05. The molecule has 4 amide bonds. The maximum atomic E-state index is 12.2. The summed E-state index contributed by atoms with van der Waals surface area (Å²) in [6.07, 6.45) is 1.29. The van der Waals surface area contributed by atoms with Crippen molar-refractivity contribution >= 4 is 17.8 Å². The van der Waals surface area contributed by atoms with Crippen molar-refractivity contribution in [3.05, 3.63) is 24.2 Å². The van der Waals surface area contributed by atoms with Crippen LogP contribution in [-0.4, -0.2) is 46.5 Å². The van der Waals surface area contributed by atoms with E-state index in [0.29, 0.717) is 5.76 Å². The Balaban J connectivity index is 1.92. The second-order valence-electron chi connectivity index (χ2n) is 5.81. The first kappa shape index (κ1) is 17.0. The smallest absolute Gasteiger partial charge is 0.325 e. The highest BCUT2D eigenvalue weighted by Crippen LogP contribution is 2.14. The topological polar surface area (TPSA) is 112 Å². The van der Waals surface area contributed by atoms with Crippen LogP contribution in [0, 0.1) is 5.92 Å². The zero-order valence-corrected chi connectivity index (χ0v) is 13.1. The van der Waals surface area contributed by atoms with Gasteiger partial charge in [0.2, 0.25) is 5.91 Å². The predicted molar refractivity (Wildman–Crippen MR) is 80.0 cm³/mol. The molecule has 3 N–H and O–H groups in total. The van der Waals surface area contributed by atoms with Gasteiger partial charge in [0.1, 0.15) is 11.8 Å². The van der Waals surface area contributed by atoms with Crippen molar-refractivity contribution in [3.8, 4) is 0 Å². The first-order chi connectivity index (χ1) is 10.9. The summed E-state index contributed by atoms with van der Waals surface area (Å²) in [5, 5.41) is 14.4. The van der Waals surface area contributed by atoms with Gasteiger partial charge in [-0.3, -0.25) is 14.5 Å². The summed E-state index contributed by atoms with van der Waals surface area (Å²) in [5.41, 5.74) is 0. The summed E-state index contributed by atoms with van der Waals surface area (Å²) in [5.74, 6) is -0.310. The molecule has 1 saturated heterocycles. The minimum atomic E-state index is -0.899. The summed E-state index contributed by atoms with van der Waals surface area (Å²) < 4.78 is 5.12. The minimum Gasteiger partial charge on any atom is -0.467 e. The van der Waals surface area contributed by atoms with Crippen LogP contribution in [0.3, 0.4) is 0 Å². The van der Waals surface area contributed by atoms with Crippen LogP contribution in [-0.2, 0) is 16.1 Å². The number of aliphatic hydroxyl groups excluding tert-OH is 1. The first-order valence-corrected chi connectivity index (χ1v) is 7.46. The lowest BCUT2D eigenvalue weighted by atomic mass is 10.0. The van der Waals surface area contributed by atoms with Crippen LogP contribution in [0.1, 0.15) is 26.0 Å². The molecule has 0 saturated carbocycles. The Morgan fingerprint density at radius 2 is 2.22 bits per heavy atom. The van der Waals surface area contributed by atoms with Gasteiger partial charge < -0.3 is 20.2 Å². The number of hydrogen-bond acceptors (Lipinski definition) is 5. The molecule has 2 atom stereocenters. The fourth-order valence-corrected chi connectivity index (χ4v) is 2.30. The van der Waals surface area contributed by atoms with E-state index in [1.165, 1.54) is 6.26 Å².